The van der Waals surface area contributed by atoms with Gasteiger partial charge in [0.1, 0.15) is 12.2 Å². The average molecular weight is 563 g/mol. The Morgan fingerprint density at radius 1 is 1.20 bits per heavy atom. The number of pyridine rings is 1. The summed E-state index contributed by atoms with van der Waals surface area (Å²) in [5.74, 6) is -2.11. The molecule has 3 aromatic rings. The molecular weight excluding hydrogens is 526 g/mol. The number of aryl methyl sites for hydroxylation is 1. The van der Waals surface area contributed by atoms with Crippen LogP contribution in [0, 0.1) is 5.92 Å². The molecule has 2 aromatic heterocycles. The molecule has 5 heterocycles. The summed E-state index contributed by atoms with van der Waals surface area (Å²) in [7, 11) is 1.95. The highest BCUT2D eigenvalue weighted by Crippen LogP contribution is 2.46. The summed E-state index contributed by atoms with van der Waals surface area (Å²) in [6.45, 7) is 5.96. The topological polar surface area (TPSA) is 76.4 Å². The number of carbonyl (C=O) groups excluding carboxylic acids is 1. The molecule has 8 nitrogen and oxygen atoms in total. The number of aromatic nitrogens is 4. The molecule has 2 atom stereocenters. The van der Waals surface area contributed by atoms with Crippen LogP contribution in [-0.2, 0) is 30.2 Å². The van der Waals surface area contributed by atoms with Gasteiger partial charge in [-0.15, -0.1) is 10.2 Å². The first-order chi connectivity index (χ1) is 19.6. The molecular formula is C31H36F2N6O2. The highest BCUT2D eigenvalue weighted by atomic mass is 19.3. The van der Waals surface area contributed by atoms with Crippen molar-refractivity contribution < 1.29 is 18.3 Å². The minimum Gasteiger partial charge on any atom is -0.379 e. The van der Waals surface area contributed by atoms with E-state index in [2.05, 4.69) is 27.2 Å². The summed E-state index contributed by atoms with van der Waals surface area (Å²) < 4.78 is 36.0. The summed E-state index contributed by atoms with van der Waals surface area (Å²) >= 11 is 0. The molecule has 0 radical (unpaired) electrons. The Balaban J connectivity index is 1.18. The van der Waals surface area contributed by atoms with Crippen molar-refractivity contribution in [2.45, 2.75) is 69.4 Å². The van der Waals surface area contributed by atoms with Gasteiger partial charge in [0.25, 0.3) is 11.8 Å². The molecule has 1 saturated carbocycles. The van der Waals surface area contributed by atoms with E-state index < -0.39 is 11.8 Å². The lowest BCUT2D eigenvalue weighted by Crippen LogP contribution is -2.49. The third-order valence-electron chi connectivity index (χ3n) is 9.70. The number of carbonyl (C=O) groups is 1. The van der Waals surface area contributed by atoms with Gasteiger partial charge in [-0.05, 0) is 43.5 Å². The van der Waals surface area contributed by atoms with Crippen molar-refractivity contribution >= 4 is 11.6 Å². The van der Waals surface area contributed by atoms with Crippen molar-refractivity contribution in [1.29, 1.82) is 0 Å². The number of amides is 1. The van der Waals surface area contributed by atoms with E-state index in [0.29, 0.717) is 50.8 Å². The van der Waals surface area contributed by atoms with Crippen LogP contribution in [0.1, 0.15) is 83.8 Å². The number of alkyl halides is 2. The van der Waals surface area contributed by atoms with Crippen LogP contribution in [0.5, 0.6) is 0 Å². The summed E-state index contributed by atoms with van der Waals surface area (Å²) in [6.07, 6.45) is 4.40. The molecule has 216 valence electrons. The average Bonchev–Trinajstić information content (AvgIpc) is 3.63. The van der Waals surface area contributed by atoms with E-state index in [4.69, 9.17) is 9.72 Å². The fraction of sp³-hybridized carbons (Fsp3) is 0.548. The van der Waals surface area contributed by atoms with Crippen molar-refractivity contribution in [2.75, 3.05) is 31.2 Å². The monoisotopic (exact) mass is 562 g/mol. The summed E-state index contributed by atoms with van der Waals surface area (Å²) in [5, 5.41) is 8.33. The predicted octanol–water partition coefficient (Wildman–Crippen LogP) is 4.80. The number of ether oxygens (including phenoxy) is 1. The molecule has 3 fully saturated rings. The number of anilines is 1. The lowest BCUT2D eigenvalue weighted by atomic mass is 9.75. The number of hydrogen-bond donors (Lipinski definition) is 0. The van der Waals surface area contributed by atoms with Crippen molar-refractivity contribution in [3.05, 3.63) is 70.6 Å². The highest BCUT2D eigenvalue weighted by Gasteiger charge is 2.44. The Bertz CT molecular complexity index is 1500. The van der Waals surface area contributed by atoms with Gasteiger partial charge in [0, 0.05) is 78.8 Å². The second kappa shape index (κ2) is 9.66. The second-order valence-electron chi connectivity index (χ2n) is 12.6. The van der Waals surface area contributed by atoms with Gasteiger partial charge >= 0.3 is 0 Å². The number of rotatable bonds is 7. The highest BCUT2D eigenvalue weighted by molar-refractivity contribution is 6.10. The van der Waals surface area contributed by atoms with Crippen LogP contribution in [0.15, 0.2) is 36.7 Å². The smallest absolute Gasteiger partial charge is 0.259 e. The molecule has 41 heavy (non-hydrogen) atoms. The molecule has 0 spiro atoms. The molecule has 10 heteroatoms. The van der Waals surface area contributed by atoms with Crippen LogP contribution in [0.4, 0.5) is 14.5 Å². The van der Waals surface area contributed by atoms with Gasteiger partial charge in [-0.3, -0.25) is 14.7 Å². The van der Waals surface area contributed by atoms with Crippen molar-refractivity contribution in [3.8, 4) is 0 Å². The normalized spacial score (nSPS) is 24.3. The van der Waals surface area contributed by atoms with Crippen LogP contribution < -0.4 is 4.90 Å². The number of benzene rings is 1. The first kappa shape index (κ1) is 26.6. The third-order valence-corrected chi connectivity index (χ3v) is 9.70. The van der Waals surface area contributed by atoms with Crippen LogP contribution in [0.25, 0.3) is 0 Å². The number of nitrogens with zero attached hydrogens (tertiary/aromatic N) is 6. The van der Waals surface area contributed by atoms with Gasteiger partial charge in [0.05, 0.1) is 25.5 Å². The Hall–Kier alpha value is -3.24. The minimum absolute atomic E-state index is 0.0272. The van der Waals surface area contributed by atoms with Crippen LogP contribution in [0.3, 0.4) is 0 Å². The second-order valence-corrected chi connectivity index (χ2v) is 12.6. The maximum atomic E-state index is 14.2. The zero-order chi connectivity index (χ0) is 28.5. The van der Waals surface area contributed by atoms with E-state index in [-0.39, 0.29) is 23.8 Å². The van der Waals surface area contributed by atoms with Gasteiger partial charge in [-0.2, -0.15) is 0 Å². The van der Waals surface area contributed by atoms with E-state index in [1.54, 1.807) is 13.3 Å². The van der Waals surface area contributed by atoms with E-state index >= 15 is 0 Å². The standard InChI is InChI=1S/C31H36F2N6O2/c1-19-14-38(10-9-31(19,32)33)20(2)26-12-24-25(28(35-26)21-7-8-21)15-39(29(24)40)23-6-4-5-22(11-23)30(16-41-17-30)13-27-36-34-18-37(27)3/h4-6,11-12,18-21H,7-10,13-17H2,1-3H3/t19?,20-/m0/s1. The number of fused-ring (bicyclic) bond motifs is 1. The maximum absolute atomic E-state index is 14.2. The maximum Gasteiger partial charge on any atom is 0.259 e. The summed E-state index contributed by atoms with van der Waals surface area (Å²) in [5.41, 5.74) is 5.30. The van der Waals surface area contributed by atoms with Crippen LogP contribution >= 0.6 is 0 Å². The number of hydrogen-bond acceptors (Lipinski definition) is 6. The molecule has 1 aliphatic carbocycles. The first-order valence-electron chi connectivity index (χ1n) is 14.6. The zero-order valence-electron chi connectivity index (χ0n) is 23.8. The Morgan fingerprint density at radius 2 is 2.00 bits per heavy atom. The quantitative estimate of drug-likeness (QED) is 0.412. The van der Waals surface area contributed by atoms with E-state index in [9.17, 15) is 13.6 Å². The minimum atomic E-state index is -2.63. The Kier molecular flexibility index (Phi) is 6.28. The van der Waals surface area contributed by atoms with Gasteiger partial charge in [0.2, 0.25) is 0 Å². The molecule has 2 saturated heterocycles. The number of halogens is 2. The number of likely N-dealkylation sites (tertiary alicyclic amines) is 1. The fourth-order valence-corrected chi connectivity index (χ4v) is 6.61. The van der Waals surface area contributed by atoms with Gasteiger partial charge in [-0.25, -0.2) is 8.78 Å². The largest absolute Gasteiger partial charge is 0.379 e. The number of piperidine rings is 1. The van der Waals surface area contributed by atoms with E-state index in [1.165, 1.54) is 0 Å². The van der Waals surface area contributed by atoms with Crippen molar-refractivity contribution in [2.24, 2.45) is 13.0 Å². The zero-order valence-corrected chi connectivity index (χ0v) is 23.8. The summed E-state index contributed by atoms with van der Waals surface area (Å²) in [4.78, 5) is 23.0. The molecule has 1 unspecified atom stereocenters. The molecule has 3 aliphatic heterocycles. The van der Waals surface area contributed by atoms with Crippen LogP contribution in [0.2, 0.25) is 0 Å². The van der Waals surface area contributed by atoms with E-state index in [1.807, 2.05) is 41.6 Å². The van der Waals surface area contributed by atoms with Gasteiger partial charge in [-0.1, -0.05) is 19.1 Å². The lowest BCUT2D eigenvalue weighted by Gasteiger charge is -2.42. The fourth-order valence-electron chi connectivity index (χ4n) is 6.61. The van der Waals surface area contributed by atoms with Gasteiger partial charge < -0.3 is 14.2 Å². The van der Waals surface area contributed by atoms with Crippen molar-refractivity contribution in [1.82, 2.24) is 24.6 Å². The molecule has 4 aliphatic rings. The molecule has 1 aromatic carbocycles. The molecule has 1 amide bonds. The van der Waals surface area contributed by atoms with Crippen LogP contribution in [-0.4, -0.2) is 62.8 Å². The van der Waals surface area contributed by atoms with E-state index in [0.717, 1.165) is 46.9 Å². The lowest BCUT2D eigenvalue weighted by molar-refractivity contribution is -0.105. The summed E-state index contributed by atoms with van der Waals surface area (Å²) in [6, 6.07) is 10.0. The third kappa shape index (κ3) is 4.55. The predicted molar refractivity (Wildman–Crippen MR) is 149 cm³/mol. The Morgan fingerprint density at radius 3 is 2.66 bits per heavy atom. The van der Waals surface area contributed by atoms with Gasteiger partial charge in [0.15, 0.2) is 0 Å². The molecule has 7 rings (SSSR count). The SMILES string of the molecule is CC1CN([C@@H](C)c2cc3c(c(C4CC4)n2)CN(c2cccc(C4(Cc5nncn5C)COC4)c2)C3=O)CCC1(F)F. The molecule has 0 bridgehead atoms. The Labute approximate surface area is 238 Å². The van der Waals surface area contributed by atoms with Crippen molar-refractivity contribution in [3.63, 3.8) is 0 Å². The first-order valence-corrected chi connectivity index (χ1v) is 14.6. The molecule has 0 N–H and O–H groups in total.